The van der Waals surface area contributed by atoms with E-state index in [1.807, 2.05) is 27.7 Å². The molecule has 0 saturated heterocycles. The molecule has 0 aliphatic rings. The lowest BCUT2D eigenvalue weighted by Crippen LogP contribution is -2.41. The summed E-state index contributed by atoms with van der Waals surface area (Å²) < 4.78 is 11.0. The molecule has 0 saturated carbocycles. The van der Waals surface area contributed by atoms with Crippen molar-refractivity contribution in [2.45, 2.75) is 40.5 Å². The summed E-state index contributed by atoms with van der Waals surface area (Å²) in [6, 6.07) is 5.03. The van der Waals surface area contributed by atoms with Crippen LogP contribution in [0, 0.1) is 0 Å². The lowest BCUT2D eigenvalue weighted by molar-refractivity contribution is -0.130. The number of hydrogen-bond acceptors (Lipinski definition) is 4. The summed E-state index contributed by atoms with van der Waals surface area (Å²) in [6.45, 7) is 10.2. The molecule has 140 valence electrons. The van der Waals surface area contributed by atoms with Crippen molar-refractivity contribution in [1.29, 1.82) is 0 Å². The molecular formula is C19H30N2O4. The van der Waals surface area contributed by atoms with E-state index in [0.29, 0.717) is 43.4 Å². The minimum absolute atomic E-state index is 0.00396. The van der Waals surface area contributed by atoms with Gasteiger partial charge in [0, 0.05) is 18.7 Å². The minimum atomic E-state index is -0.301. The predicted molar refractivity (Wildman–Crippen MR) is 98.3 cm³/mol. The van der Waals surface area contributed by atoms with Gasteiger partial charge < -0.3 is 19.7 Å². The number of carbonyl (C=O) groups excluding carboxylic acids is 2. The van der Waals surface area contributed by atoms with Crippen molar-refractivity contribution in [3.8, 4) is 11.5 Å². The average Bonchev–Trinajstić information content (AvgIpc) is 2.61. The number of nitrogens with one attached hydrogen (secondary N) is 1. The molecule has 0 aromatic heterocycles. The fourth-order valence-corrected chi connectivity index (χ4v) is 2.46. The lowest BCUT2D eigenvalue weighted by Gasteiger charge is -2.21. The molecule has 0 radical (unpaired) electrons. The van der Waals surface area contributed by atoms with E-state index in [9.17, 15) is 9.59 Å². The van der Waals surface area contributed by atoms with Gasteiger partial charge in [-0.1, -0.05) is 13.8 Å². The number of hydrogen-bond donors (Lipinski definition) is 1. The fraction of sp³-hybridized carbons (Fsp3) is 0.579. The first-order valence-corrected chi connectivity index (χ1v) is 9.02. The second-order valence-electron chi connectivity index (χ2n) is 5.59. The Balaban J connectivity index is 2.73. The maximum atomic E-state index is 12.3. The van der Waals surface area contributed by atoms with Crippen molar-refractivity contribution in [3.05, 3.63) is 23.8 Å². The first kappa shape index (κ1) is 20.8. The molecule has 0 fully saturated rings. The van der Waals surface area contributed by atoms with Gasteiger partial charge >= 0.3 is 0 Å². The molecule has 1 aromatic carbocycles. The van der Waals surface area contributed by atoms with Gasteiger partial charge in [-0.05, 0) is 44.9 Å². The molecule has 25 heavy (non-hydrogen) atoms. The van der Waals surface area contributed by atoms with Crippen molar-refractivity contribution in [2.75, 3.05) is 32.8 Å². The highest BCUT2D eigenvalue weighted by atomic mass is 16.5. The topological polar surface area (TPSA) is 67.9 Å². The molecule has 2 amide bonds. The van der Waals surface area contributed by atoms with Crippen LogP contribution in [0.4, 0.5) is 0 Å². The monoisotopic (exact) mass is 350 g/mol. The first-order chi connectivity index (χ1) is 12.1. The molecule has 6 nitrogen and oxygen atoms in total. The quantitative estimate of drug-likeness (QED) is 0.666. The fourth-order valence-electron chi connectivity index (χ4n) is 2.46. The van der Waals surface area contributed by atoms with Crippen LogP contribution in [0.2, 0.25) is 0 Å². The second-order valence-corrected chi connectivity index (χ2v) is 5.59. The van der Waals surface area contributed by atoms with Gasteiger partial charge in [0.15, 0.2) is 11.5 Å². The van der Waals surface area contributed by atoms with Gasteiger partial charge in [-0.3, -0.25) is 9.59 Å². The molecule has 6 heteroatoms. The van der Waals surface area contributed by atoms with E-state index in [0.717, 1.165) is 12.8 Å². The van der Waals surface area contributed by atoms with E-state index >= 15 is 0 Å². The maximum Gasteiger partial charge on any atom is 0.251 e. The summed E-state index contributed by atoms with van der Waals surface area (Å²) in [6.07, 6.45) is 1.80. The Morgan fingerprint density at radius 1 is 0.960 bits per heavy atom. The van der Waals surface area contributed by atoms with Gasteiger partial charge in [0.05, 0.1) is 19.8 Å². The molecule has 1 aromatic rings. The zero-order valence-corrected chi connectivity index (χ0v) is 15.8. The number of amides is 2. The molecule has 0 unspecified atom stereocenters. The summed E-state index contributed by atoms with van der Waals surface area (Å²) in [4.78, 5) is 26.4. The Kier molecular flexibility index (Phi) is 9.43. The highest BCUT2D eigenvalue weighted by Gasteiger charge is 2.15. The molecule has 0 spiro atoms. The molecule has 0 aliphatic heterocycles. The molecular weight excluding hydrogens is 320 g/mol. The van der Waals surface area contributed by atoms with Crippen LogP contribution < -0.4 is 14.8 Å². The molecule has 0 bridgehead atoms. The third kappa shape index (κ3) is 6.64. The van der Waals surface area contributed by atoms with Crippen molar-refractivity contribution in [1.82, 2.24) is 10.2 Å². The predicted octanol–water partition coefficient (Wildman–Crippen LogP) is 2.86. The highest BCUT2D eigenvalue weighted by Crippen LogP contribution is 2.28. The molecule has 0 atom stereocenters. The van der Waals surface area contributed by atoms with Gasteiger partial charge in [0.2, 0.25) is 5.91 Å². The van der Waals surface area contributed by atoms with Crippen molar-refractivity contribution in [2.24, 2.45) is 0 Å². The summed E-state index contributed by atoms with van der Waals surface area (Å²) in [7, 11) is 0. The standard InChI is InChI=1S/C19H30N2O4/c1-5-11-21(12-6-2)18(22)14-20-19(23)15-9-10-16(24-7-3)17(13-15)25-8-4/h9-10,13H,5-8,11-12,14H2,1-4H3,(H,20,23). The van der Waals surface area contributed by atoms with Crippen molar-refractivity contribution < 1.29 is 19.1 Å². The minimum Gasteiger partial charge on any atom is -0.490 e. The SMILES string of the molecule is CCCN(CCC)C(=O)CNC(=O)c1ccc(OCC)c(OCC)c1. The molecule has 1 N–H and O–H groups in total. The highest BCUT2D eigenvalue weighted by molar-refractivity contribution is 5.97. The van der Waals surface area contributed by atoms with Gasteiger partial charge in [0.25, 0.3) is 5.91 Å². The smallest absolute Gasteiger partial charge is 0.251 e. The van der Waals surface area contributed by atoms with Gasteiger partial charge in [-0.25, -0.2) is 0 Å². The Hall–Kier alpha value is -2.24. The summed E-state index contributed by atoms with van der Waals surface area (Å²) in [5.41, 5.74) is 0.442. The summed E-state index contributed by atoms with van der Waals surface area (Å²) >= 11 is 0. The Labute approximate surface area is 150 Å². The zero-order chi connectivity index (χ0) is 18.7. The summed E-state index contributed by atoms with van der Waals surface area (Å²) in [5.74, 6) is 0.772. The Morgan fingerprint density at radius 2 is 1.56 bits per heavy atom. The first-order valence-electron chi connectivity index (χ1n) is 9.02. The normalized spacial score (nSPS) is 10.2. The van der Waals surface area contributed by atoms with E-state index < -0.39 is 0 Å². The van der Waals surface area contributed by atoms with Crippen molar-refractivity contribution in [3.63, 3.8) is 0 Å². The number of nitrogens with zero attached hydrogens (tertiary/aromatic N) is 1. The third-order valence-electron chi connectivity index (χ3n) is 3.55. The number of rotatable bonds is 11. The van der Waals surface area contributed by atoms with Gasteiger partial charge in [-0.15, -0.1) is 0 Å². The van der Waals surface area contributed by atoms with Crippen molar-refractivity contribution >= 4 is 11.8 Å². The van der Waals surface area contributed by atoms with Crippen LogP contribution >= 0.6 is 0 Å². The summed E-state index contributed by atoms with van der Waals surface area (Å²) in [5, 5.41) is 2.69. The lowest BCUT2D eigenvalue weighted by atomic mass is 10.2. The van der Waals surface area contributed by atoms with Crippen LogP contribution in [0.5, 0.6) is 11.5 Å². The Bertz CT molecular complexity index is 554. The maximum absolute atomic E-state index is 12.3. The van der Waals surface area contributed by atoms with Gasteiger partial charge in [0.1, 0.15) is 0 Å². The Morgan fingerprint density at radius 3 is 2.12 bits per heavy atom. The van der Waals surface area contributed by atoms with E-state index in [1.54, 1.807) is 23.1 Å². The van der Waals surface area contributed by atoms with Crippen LogP contribution in [0.1, 0.15) is 50.9 Å². The number of ether oxygens (including phenoxy) is 2. The van der Waals surface area contributed by atoms with Gasteiger partial charge in [-0.2, -0.15) is 0 Å². The van der Waals surface area contributed by atoms with Crippen LogP contribution in [0.15, 0.2) is 18.2 Å². The molecule has 1 rings (SSSR count). The third-order valence-corrected chi connectivity index (χ3v) is 3.55. The van der Waals surface area contributed by atoms with E-state index in [4.69, 9.17) is 9.47 Å². The average molecular weight is 350 g/mol. The number of benzene rings is 1. The van der Waals surface area contributed by atoms with Crippen LogP contribution in [0.3, 0.4) is 0 Å². The van der Waals surface area contributed by atoms with E-state index in [2.05, 4.69) is 5.32 Å². The zero-order valence-electron chi connectivity index (χ0n) is 15.8. The van der Waals surface area contributed by atoms with Crippen LogP contribution in [0.25, 0.3) is 0 Å². The van der Waals surface area contributed by atoms with E-state index in [1.165, 1.54) is 0 Å². The largest absolute Gasteiger partial charge is 0.490 e. The molecule has 0 heterocycles. The van der Waals surface area contributed by atoms with Crippen LogP contribution in [-0.2, 0) is 4.79 Å². The number of carbonyl (C=O) groups is 2. The second kappa shape index (κ2) is 11.3. The molecule has 0 aliphatic carbocycles. The van der Waals surface area contributed by atoms with E-state index in [-0.39, 0.29) is 18.4 Å². The van der Waals surface area contributed by atoms with Crippen LogP contribution in [-0.4, -0.2) is 49.6 Å².